The Kier molecular flexibility index (Phi) is 6.18. The lowest BCUT2D eigenvalue weighted by Crippen LogP contribution is -2.43. The monoisotopic (exact) mass is 573 g/mol. The fourth-order valence-corrected chi connectivity index (χ4v) is 4.34. The molecule has 14 heteroatoms. The number of anilines is 2. The molecule has 0 saturated carbocycles. The van der Waals surface area contributed by atoms with Gasteiger partial charge in [0, 0.05) is 25.7 Å². The van der Waals surface area contributed by atoms with Gasteiger partial charge in [-0.3, -0.25) is 13.9 Å². The average molecular weight is 575 g/mol. The van der Waals surface area contributed by atoms with Gasteiger partial charge in [0.1, 0.15) is 12.1 Å². The third-order valence-corrected chi connectivity index (χ3v) is 6.30. The van der Waals surface area contributed by atoms with Gasteiger partial charge < -0.3 is 5.32 Å². The second-order valence-electron chi connectivity index (χ2n) is 8.07. The number of nitrogens with one attached hydrogen (secondary N) is 1. The second kappa shape index (κ2) is 9.32. The molecule has 184 valence electrons. The number of aryl methyl sites for hydroxylation is 2. The van der Waals surface area contributed by atoms with Crippen LogP contribution in [-0.4, -0.2) is 38.7 Å². The molecule has 5 aromatic rings. The van der Waals surface area contributed by atoms with Gasteiger partial charge in [-0.1, -0.05) is 17.7 Å². The largest absolute Gasteiger partial charge is 0.355 e. The molecule has 0 spiro atoms. The van der Waals surface area contributed by atoms with Crippen LogP contribution in [0.25, 0.3) is 10.9 Å². The maximum Gasteiger partial charge on any atom is 0.355 e. The van der Waals surface area contributed by atoms with Crippen molar-refractivity contribution < 1.29 is 4.39 Å². The van der Waals surface area contributed by atoms with Crippen LogP contribution in [0.2, 0.25) is 5.02 Å². The summed E-state index contributed by atoms with van der Waals surface area (Å²) in [5.74, 6) is -0.188. The Bertz CT molecular complexity index is 1740. The molecule has 36 heavy (non-hydrogen) atoms. The van der Waals surface area contributed by atoms with E-state index < -0.39 is 17.2 Å². The van der Waals surface area contributed by atoms with Crippen LogP contribution >= 0.6 is 27.5 Å². The van der Waals surface area contributed by atoms with Gasteiger partial charge in [0.15, 0.2) is 5.82 Å². The van der Waals surface area contributed by atoms with Crippen LogP contribution in [0.1, 0.15) is 11.4 Å². The first-order valence-electron chi connectivity index (χ1n) is 10.6. The van der Waals surface area contributed by atoms with Gasteiger partial charge in [0.25, 0.3) is 0 Å². The SMILES string of the molecule is Cn1cnc(Cn2c(=O)nc(Nc3cc4cn(C)nc4cc3Cl)n(Cc3ccc(F)c(Br)c3)c2=O)n1. The Hall–Kier alpha value is -3.84. The summed E-state index contributed by atoms with van der Waals surface area (Å²) in [5, 5.41) is 12.6. The first-order chi connectivity index (χ1) is 17.2. The molecular weight excluding hydrogens is 557 g/mol. The number of aromatic nitrogens is 8. The third kappa shape index (κ3) is 4.66. The fourth-order valence-electron chi connectivity index (χ4n) is 3.71. The molecule has 1 N–H and O–H groups in total. The molecule has 0 bridgehead atoms. The predicted octanol–water partition coefficient (Wildman–Crippen LogP) is 2.82. The minimum Gasteiger partial charge on any atom is -0.324 e. The van der Waals surface area contributed by atoms with Gasteiger partial charge in [0.2, 0.25) is 5.95 Å². The van der Waals surface area contributed by atoms with Gasteiger partial charge in [-0.25, -0.2) is 23.5 Å². The molecule has 0 amide bonds. The van der Waals surface area contributed by atoms with E-state index in [-0.39, 0.29) is 29.3 Å². The van der Waals surface area contributed by atoms with E-state index in [1.54, 1.807) is 43.0 Å². The molecule has 0 aliphatic heterocycles. The summed E-state index contributed by atoms with van der Waals surface area (Å²) in [6.07, 6.45) is 3.28. The topological polar surface area (TPSA) is 117 Å². The molecule has 3 aromatic heterocycles. The van der Waals surface area contributed by atoms with Crippen molar-refractivity contribution in [3.8, 4) is 0 Å². The lowest BCUT2D eigenvalue weighted by molar-refractivity contribution is 0.572. The molecule has 0 saturated heterocycles. The molecule has 0 unspecified atom stereocenters. The van der Waals surface area contributed by atoms with Crippen LogP contribution in [0.5, 0.6) is 0 Å². The van der Waals surface area contributed by atoms with Crippen LogP contribution in [0.15, 0.2) is 56.9 Å². The van der Waals surface area contributed by atoms with E-state index in [9.17, 15) is 14.0 Å². The summed E-state index contributed by atoms with van der Waals surface area (Å²) < 4.78 is 19.4. The summed E-state index contributed by atoms with van der Waals surface area (Å²) in [6.45, 7) is -0.170. The normalized spacial score (nSPS) is 11.4. The zero-order valence-electron chi connectivity index (χ0n) is 19.0. The lowest BCUT2D eigenvalue weighted by Gasteiger charge is -2.16. The summed E-state index contributed by atoms with van der Waals surface area (Å²) in [6, 6.07) is 7.80. The Morgan fingerprint density at radius 1 is 1.06 bits per heavy atom. The highest BCUT2D eigenvalue weighted by Gasteiger charge is 2.17. The van der Waals surface area contributed by atoms with Crippen LogP contribution < -0.4 is 16.7 Å². The molecule has 3 heterocycles. The fraction of sp³-hybridized carbons (Fsp3) is 0.182. The Labute approximate surface area is 215 Å². The van der Waals surface area contributed by atoms with E-state index in [1.807, 2.05) is 6.20 Å². The van der Waals surface area contributed by atoms with Gasteiger partial charge in [-0.05, 0) is 45.8 Å². The van der Waals surface area contributed by atoms with Crippen LogP contribution in [-0.2, 0) is 27.2 Å². The van der Waals surface area contributed by atoms with E-state index in [0.717, 1.165) is 9.95 Å². The third-order valence-electron chi connectivity index (χ3n) is 5.38. The van der Waals surface area contributed by atoms with Crippen molar-refractivity contribution in [3.05, 3.63) is 90.5 Å². The van der Waals surface area contributed by atoms with Crippen molar-refractivity contribution in [2.45, 2.75) is 13.1 Å². The molecule has 0 atom stereocenters. The molecule has 11 nitrogen and oxygen atoms in total. The molecular formula is C22H18BrClFN9O2. The Morgan fingerprint density at radius 2 is 1.86 bits per heavy atom. The standard InChI is InChI=1S/C22H18BrClFN9O2/c1-31-9-13-6-18(15(24)7-17(13)29-31)27-20-28-21(35)34(10-19-26-11-32(2)30-19)22(36)33(20)8-12-3-4-16(25)14(23)5-12/h3-7,9,11H,8,10H2,1-2H3,(H,27,28,35). The van der Waals surface area contributed by atoms with E-state index in [2.05, 4.69) is 41.4 Å². The zero-order chi connectivity index (χ0) is 25.6. The average Bonchev–Trinajstić information content (AvgIpc) is 3.40. The van der Waals surface area contributed by atoms with E-state index >= 15 is 0 Å². The Morgan fingerprint density at radius 3 is 2.58 bits per heavy atom. The maximum absolute atomic E-state index is 13.8. The summed E-state index contributed by atoms with van der Waals surface area (Å²) in [7, 11) is 3.47. The van der Waals surface area contributed by atoms with Crippen LogP contribution in [0.4, 0.5) is 16.0 Å². The number of hydrogen-bond acceptors (Lipinski definition) is 7. The highest BCUT2D eigenvalue weighted by Crippen LogP contribution is 2.29. The first kappa shape index (κ1) is 23.9. The Balaban J connectivity index is 1.62. The molecule has 0 aliphatic rings. The molecule has 0 fully saturated rings. The number of fused-ring (bicyclic) bond motifs is 1. The highest BCUT2D eigenvalue weighted by molar-refractivity contribution is 9.10. The minimum atomic E-state index is -0.787. The number of benzene rings is 2. The number of halogens is 3. The number of hydrogen-bond donors (Lipinski definition) is 1. The zero-order valence-corrected chi connectivity index (χ0v) is 21.3. The van der Waals surface area contributed by atoms with Crippen molar-refractivity contribution in [3.63, 3.8) is 0 Å². The van der Waals surface area contributed by atoms with Gasteiger partial charge in [-0.2, -0.15) is 15.2 Å². The van der Waals surface area contributed by atoms with E-state index in [0.29, 0.717) is 21.8 Å². The number of rotatable bonds is 6. The van der Waals surface area contributed by atoms with Crippen molar-refractivity contribution >= 4 is 50.1 Å². The molecule has 5 rings (SSSR count). The summed E-state index contributed by atoms with van der Waals surface area (Å²) >= 11 is 9.62. The van der Waals surface area contributed by atoms with E-state index in [4.69, 9.17) is 11.6 Å². The summed E-state index contributed by atoms with van der Waals surface area (Å²) in [4.78, 5) is 34.6. The predicted molar refractivity (Wildman–Crippen MR) is 135 cm³/mol. The van der Waals surface area contributed by atoms with Crippen molar-refractivity contribution in [1.29, 1.82) is 0 Å². The van der Waals surface area contributed by atoms with Gasteiger partial charge >= 0.3 is 11.4 Å². The lowest BCUT2D eigenvalue weighted by atomic mass is 10.2. The van der Waals surface area contributed by atoms with E-state index in [1.165, 1.54) is 21.6 Å². The number of nitrogens with zero attached hydrogens (tertiary/aromatic N) is 8. The minimum absolute atomic E-state index is 0.00424. The van der Waals surface area contributed by atoms with Crippen molar-refractivity contribution in [2.24, 2.45) is 14.1 Å². The highest BCUT2D eigenvalue weighted by atomic mass is 79.9. The molecule has 0 radical (unpaired) electrons. The van der Waals surface area contributed by atoms with Crippen LogP contribution in [0, 0.1) is 5.82 Å². The smallest absolute Gasteiger partial charge is 0.324 e. The quantitative estimate of drug-likeness (QED) is 0.331. The first-order valence-corrected chi connectivity index (χ1v) is 11.7. The molecule has 2 aromatic carbocycles. The van der Waals surface area contributed by atoms with Gasteiger partial charge in [0.05, 0.1) is 33.8 Å². The second-order valence-corrected chi connectivity index (χ2v) is 9.34. The summed E-state index contributed by atoms with van der Waals surface area (Å²) in [5.41, 5.74) is 0.286. The van der Waals surface area contributed by atoms with Crippen molar-refractivity contribution in [1.82, 2.24) is 38.7 Å². The molecule has 0 aliphatic carbocycles. The van der Waals surface area contributed by atoms with Crippen LogP contribution in [0.3, 0.4) is 0 Å². The van der Waals surface area contributed by atoms with Gasteiger partial charge in [-0.15, -0.1) is 0 Å². The van der Waals surface area contributed by atoms with Crippen molar-refractivity contribution in [2.75, 3.05) is 5.32 Å². The maximum atomic E-state index is 13.8.